The molecule has 1 rings (SSSR count). The van der Waals surface area contributed by atoms with Crippen molar-refractivity contribution in [3.05, 3.63) is 23.8 Å². The summed E-state index contributed by atoms with van der Waals surface area (Å²) in [5.74, 6) is 1.86. The van der Waals surface area contributed by atoms with Gasteiger partial charge >= 0.3 is 6.03 Å². The molecular formula is C15H24N2O3. The highest BCUT2D eigenvalue weighted by Gasteiger charge is 2.05. The maximum atomic E-state index is 11.5. The molecule has 2 N–H and O–H groups in total. The van der Waals surface area contributed by atoms with E-state index in [-0.39, 0.29) is 6.03 Å². The van der Waals surface area contributed by atoms with Gasteiger partial charge < -0.3 is 20.1 Å². The molecule has 1 aromatic rings. The maximum absolute atomic E-state index is 11.5. The van der Waals surface area contributed by atoms with Gasteiger partial charge in [0.2, 0.25) is 0 Å². The van der Waals surface area contributed by atoms with E-state index in [1.807, 2.05) is 18.2 Å². The normalized spacial score (nSPS) is 10.2. The standard InChI is InChI=1S/C15H24N2O3/c1-11(2)10-17-15(18)16-8-7-12-5-6-13(19-3)14(9-12)20-4/h5-6,9,11H,7-8,10H2,1-4H3,(H2,16,17,18). The van der Waals surface area contributed by atoms with Crippen LogP contribution in [-0.4, -0.2) is 33.3 Å². The first-order valence-electron chi connectivity index (χ1n) is 6.79. The molecule has 0 aliphatic carbocycles. The molecule has 0 aliphatic rings. The van der Waals surface area contributed by atoms with Crippen LogP contribution >= 0.6 is 0 Å². The van der Waals surface area contributed by atoms with Crippen LogP contribution in [0.5, 0.6) is 11.5 Å². The Bertz CT molecular complexity index is 433. The van der Waals surface area contributed by atoms with E-state index in [0.29, 0.717) is 30.5 Å². The largest absolute Gasteiger partial charge is 0.493 e. The summed E-state index contributed by atoms with van der Waals surface area (Å²) in [7, 11) is 3.22. The number of rotatable bonds is 7. The van der Waals surface area contributed by atoms with Crippen molar-refractivity contribution in [2.75, 3.05) is 27.3 Å². The lowest BCUT2D eigenvalue weighted by Crippen LogP contribution is -2.38. The van der Waals surface area contributed by atoms with E-state index in [1.54, 1.807) is 14.2 Å². The number of urea groups is 1. The Labute approximate surface area is 120 Å². The SMILES string of the molecule is COc1ccc(CCNC(=O)NCC(C)C)cc1OC. The van der Waals surface area contributed by atoms with Crippen LogP contribution < -0.4 is 20.1 Å². The summed E-state index contributed by atoms with van der Waals surface area (Å²) in [6.07, 6.45) is 0.745. The van der Waals surface area contributed by atoms with Gasteiger partial charge in [0.05, 0.1) is 14.2 Å². The Morgan fingerprint density at radius 3 is 2.45 bits per heavy atom. The van der Waals surface area contributed by atoms with Gasteiger partial charge in [-0.05, 0) is 30.0 Å². The molecule has 0 atom stereocenters. The molecule has 0 saturated heterocycles. The number of methoxy groups -OCH3 is 2. The van der Waals surface area contributed by atoms with Gasteiger partial charge in [-0.15, -0.1) is 0 Å². The number of hydrogen-bond donors (Lipinski definition) is 2. The van der Waals surface area contributed by atoms with Crippen molar-refractivity contribution in [2.45, 2.75) is 20.3 Å². The maximum Gasteiger partial charge on any atom is 0.314 e. The number of benzene rings is 1. The molecule has 0 radical (unpaired) electrons. The quantitative estimate of drug-likeness (QED) is 0.805. The number of carbonyl (C=O) groups is 1. The summed E-state index contributed by atoms with van der Waals surface area (Å²) < 4.78 is 10.4. The summed E-state index contributed by atoms with van der Waals surface area (Å²) in [6.45, 7) is 5.38. The predicted molar refractivity (Wildman–Crippen MR) is 79.5 cm³/mol. The van der Waals surface area contributed by atoms with Gasteiger partial charge in [0.15, 0.2) is 11.5 Å². The highest BCUT2D eigenvalue weighted by Crippen LogP contribution is 2.27. The third-order valence-electron chi connectivity index (χ3n) is 2.82. The smallest absolute Gasteiger partial charge is 0.314 e. The molecule has 0 heterocycles. The minimum absolute atomic E-state index is 0.126. The number of nitrogens with one attached hydrogen (secondary N) is 2. The van der Waals surface area contributed by atoms with E-state index in [4.69, 9.17) is 9.47 Å². The summed E-state index contributed by atoms with van der Waals surface area (Å²) in [4.78, 5) is 11.5. The first-order valence-corrected chi connectivity index (χ1v) is 6.79. The predicted octanol–water partition coefficient (Wildman–Crippen LogP) is 2.20. The van der Waals surface area contributed by atoms with E-state index in [9.17, 15) is 4.79 Å². The molecule has 0 aliphatic heterocycles. The summed E-state index contributed by atoms with van der Waals surface area (Å²) in [5.41, 5.74) is 1.09. The van der Waals surface area contributed by atoms with Gasteiger partial charge in [0, 0.05) is 13.1 Å². The van der Waals surface area contributed by atoms with Crippen LogP contribution in [0, 0.1) is 5.92 Å². The van der Waals surface area contributed by atoms with Crippen molar-refractivity contribution in [3.8, 4) is 11.5 Å². The number of carbonyl (C=O) groups excluding carboxylic acids is 1. The molecule has 0 fully saturated rings. The number of amides is 2. The van der Waals surface area contributed by atoms with Crippen molar-refractivity contribution in [3.63, 3.8) is 0 Å². The van der Waals surface area contributed by atoms with Crippen LogP contribution in [-0.2, 0) is 6.42 Å². The molecular weight excluding hydrogens is 256 g/mol. The molecule has 5 nitrogen and oxygen atoms in total. The fourth-order valence-corrected chi connectivity index (χ4v) is 1.72. The monoisotopic (exact) mass is 280 g/mol. The lowest BCUT2D eigenvalue weighted by Gasteiger charge is -2.11. The molecule has 0 bridgehead atoms. The molecule has 2 amide bonds. The third-order valence-corrected chi connectivity index (χ3v) is 2.82. The first-order chi connectivity index (χ1) is 9.56. The molecule has 0 saturated carbocycles. The van der Waals surface area contributed by atoms with Gasteiger partial charge in [-0.1, -0.05) is 19.9 Å². The summed E-state index contributed by atoms with van der Waals surface area (Å²) in [6, 6.07) is 5.63. The molecule has 5 heteroatoms. The first kappa shape index (κ1) is 16.1. The molecule has 0 spiro atoms. The molecule has 0 aromatic heterocycles. The van der Waals surface area contributed by atoms with Gasteiger partial charge in [-0.2, -0.15) is 0 Å². The Kier molecular flexibility index (Phi) is 6.70. The Hall–Kier alpha value is -1.91. The zero-order valence-electron chi connectivity index (χ0n) is 12.7. The van der Waals surface area contributed by atoms with Gasteiger partial charge in [-0.25, -0.2) is 4.79 Å². The van der Waals surface area contributed by atoms with Crippen molar-refractivity contribution < 1.29 is 14.3 Å². The molecule has 112 valence electrons. The zero-order chi connectivity index (χ0) is 15.0. The average molecular weight is 280 g/mol. The van der Waals surface area contributed by atoms with Gasteiger partial charge in [0.1, 0.15) is 0 Å². The highest BCUT2D eigenvalue weighted by atomic mass is 16.5. The van der Waals surface area contributed by atoms with Crippen LogP contribution in [0.4, 0.5) is 4.79 Å². The molecule has 20 heavy (non-hydrogen) atoms. The van der Waals surface area contributed by atoms with Crippen LogP contribution in [0.2, 0.25) is 0 Å². The second-order valence-corrected chi connectivity index (χ2v) is 4.97. The molecule has 1 aromatic carbocycles. The number of hydrogen-bond acceptors (Lipinski definition) is 3. The Morgan fingerprint density at radius 2 is 1.85 bits per heavy atom. The third kappa shape index (κ3) is 5.38. The van der Waals surface area contributed by atoms with E-state index in [2.05, 4.69) is 24.5 Å². The van der Waals surface area contributed by atoms with E-state index in [0.717, 1.165) is 12.0 Å². The topological polar surface area (TPSA) is 59.6 Å². The zero-order valence-corrected chi connectivity index (χ0v) is 12.7. The minimum atomic E-state index is -0.126. The second kappa shape index (κ2) is 8.30. The second-order valence-electron chi connectivity index (χ2n) is 4.97. The average Bonchev–Trinajstić information content (AvgIpc) is 2.44. The fourth-order valence-electron chi connectivity index (χ4n) is 1.72. The van der Waals surface area contributed by atoms with Gasteiger partial charge in [-0.3, -0.25) is 0 Å². The fraction of sp³-hybridized carbons (Fsp3) is 0.533. The molecule has 0 unspecified atom stereocenters. The Morgan fingerprint density at radius 1 is 1.15 bits per heavy atom. The minimum Gasteiger partial charge on any atom is -0.493 e. The Balaban J connectivity index is 2.40. The van der Waals surface area contributed by atoms with Crippen molar-refractivity contribution in [1.29, 1.82) is 0 Å². The van der Waals surface area contributed by atoms with Crippen LogP contribution in [0.15, 0.2) is 18.2 Å². The van der Waals surface area contributed by atoms with Crippen LogP contribution in [0.3, 0.4) is 0 Å². The van der Waals surface area contributed by atoms with Crippen molar-refractivity contribution >= 4 is 6.03 Å². The van der Waals surface area contributed by atoms with Crippen LogP contribution in [0.1, 0.15) is 19.4 Å². The van der Waals surface area contributed by atoms with E-state index >= 15 is 0 Å². The van der Waals surface area contributed by atoms with Crippen molar-refractivity contribution in [2.24, 2.45) is 5.92 Å². The van der Waals surface area contributed by atoms with Crippen molar-refractivity contribution in [1.82, 2.24) is 10.6 Å². The van der Waals surface area contributed by atoms with Crippen LogP contribution in [0.25, 0.3) is 0 Å². The highest BCUT2D eigenvalue weighted by molar-refractivity contribution is 5.73. The van der Waals surface area contributed by atoms with E-state index < -0.39 is 0 Å². The lowest BCUT2D eigenvalue weighted by atomic mass is 10.1. The summed E-state index contributed by atoms with van der Waals surface area (Å²) >= 11 is 0. The number of ether oxygens (including phenoxy) is 2. The van der Waals surface area contributed by atoms with E-state index in [1.165, 1.54) is 0 Å². The summed E-state index contributed by atoms with van der Waals surface area (Å²) in [5, 5.41) is 5.64. The van der Waals surface area contributed by atoms with Gasteiger partial charge in [0.25, 0.3) is 0 Å². The lowest BCUT2D eigenvalue weighted by molar-refractivity contribution is 0.239.